The second kappa shape index (κ2) is 6.07. The van der Waals surface area contributed by atoms with Crippen LogP contribution in [0.5, 0.6) is 0 Å². The van der Waals surface area contributed by atoms with Crippen LogP contribution in [0, 0.1) is 11.2 Å². The molecule has 6 heteroatoms. The molecule has 1 aromatic carbocycles. The molecule has 1 fully saturated rings. The number of aliphatic hydroxyl groups is 1. The smallest absolute Gasteiger partial charge is 0.205 e. The van der Waals surface area contributed by atoms with Crippen LogP contribution < -0.4 is 5.32 Å². The summed E-state index contributed by atoms with van der Waals surface area (Å²) in [5, 5.41) is 22.1. The van der Waals surface area contributed by atoms with Crippen molar-refractivity contribution in [3.05, 3.63) is 40.7 Å². The first-order valence-electron chi connectivity index (χ1n) is 7.11. The molecular weight excluding hydrogens is 289 g/mol. The van der Waals surface area contributed by atoms with Gasteiger partial charge in [-0.3, -0.25) is 0 Å². The number of nitrogens with zero attached hydrogens (tertiary/aromatic N) is 2. The number of aliphatic hydroxyl groups excluding tert-OH is 1. The molecule has 0 unspecified atom stereocenters. The SMILES string of the molecule is OCCC1(CNc2nnc(Cc3ccccc3F)s2)CC1. The molecule has 2 N–H and O–H groups in total. The summed E-state index contributed by atoms with van der Waals surface area (Å²) in [5.41, 5.74) is 0.880. The molecule has 1 aliphatic carbocycles. The van der Waals surface area contributed by atoms with Gasteiger partial charge in [0.25, 0.3) is 0 Å². The highest BCUT2D eigenvalue weighted by Crippen LogP contribution is 2.48. The number of hydrogen-bond acceptors (Lipinski definition) is 5. The van der Waals surface area contributed by atoms with Crippen molar-refractivity contribution in [2.24, 2.45) is 5.41 Å². The lowest BCUT2D eigenvalue weighted by Gasteiger charge is -2.13. The Bertz CT molecular complexity index is 612. The maximum Gasteiger partial charge on any atom is 0.205 e. The molecule has 0 saturated heterocycles. The van der Waals surface area contributed by atoms with Crippen molar-refractivity contribution >= 4 is 16.5 Å². The number of anilines is 1. The Morgan fingerprint density at radius 2 is 2.10 bits per heavy atom. The van der Waals surface area contributed by atoms with Crippen LogP contribution in [-0.2, 0) is 6.42 Å². The van der Waals surface area contributed by atoms with Crippen LogP contribution in [0.25, 0.3) is 0 Å². The summed E-state index contributed by atoms with van der Waals surface area (Å²) in [7, 11) is 0. The lowest BCUT2D eigenvalue weighted by molar-refractivity contribution is 0.253. The summed E-state index contributed by atoms with van der Waals surface area (Å²) in [6.07, 6.45) is 3.61. The Hall–Kier alpha value is -1.53. The highest BCUT2D eigenvalue weighted by Gasteiger charge is 2.41. The minimum Gasteiger partial charge on any atom is -0.396 e. The van der Waals surface area contributed by atoms with Crippen molar-refractivity contribution in [2.45, 2.75) is 25.7 Å². The van der Waals surface area contributed by atoms with E-state index in [2.05, 4.69) is 15.5 Å². The molecule has 0 aliphatic heterocycles. The van der Waals surface area contributed by atoms with Gasteiger partial charge in [-0.2, -0.15) is 0 Å². The number of rotatable bonds is 7. The van der Waals surface area contributed by atoms with E-state index in [4.69, 9.17) is 5.11 Å². The topological polar surface area (TPSA) is 58.0 Å². The van der Waals surface area contributed by atoms with Crippen molar-refractivity contribution in [3.8, 4) is 0 Å². The Balaban J connectivity index is 1.58. The first-order chi connectivity index (χ1) is 10.2. The van der Waals surface area contributed by atoms with E-state index in [1.54, 1.807) is 12.1 Å². The molecule has 1 aromatic heterocycles. The molecule has 4 nitrogen and oxygen atoms in total. The minimum absolute atomic E-state index is 0.206. The zero-order valence-electron chi connectivity index (χ0n) is 11.7. The second-order valence-corrected chi connectivity index (χ2v) is 6.66. The van der Waals surface area contributed by atoms with Crippen LogP contribution in [-0.4, -0.2) is 28.5 Å². The van der Waals surface area contributed by atoms with E-state index < -0.39 is 0 Å². The second-order valence-electron chi connectivity index (χ2n) is 5.60. The van der Waals surface area contributed by atoms with E-state index in [0.717, 1.165) is 35.9 Å². The number of aromatic nitrogens is 2. The molecule has 0 bridgehead atoms. The first kappa shape index (κ1) is 14.4. The normalized spacial score (nSPS) is 15.9. The fourth-order valence-corrected chi connectivity index (χ4v) is 3.15. The van der Waals surface area contributed by atoms with Gasteiger partial charge in [-0.15, -0.1) is 10.2 Å². The first-order valence-corrected chi connectivity index (χ1v) is 7.93. The number of benzene rings is 1. The van der Waals surface area contributed by atoms with Gasteiger partial charge in [-0.05, 0) is 36.3 Å². The maximum absolute atomic E-state index is 13.6. The van der Waals surface area contributed by atoms with Gasteiger partial charge in [-0.25, -0.2) is 4.39 Å². The molecule has 3 rings (SSSR count). The van der Waals surface area contributed by atoms with Crippen LogP contribution in [0.2, 0.25) is 0 Å². The highest BCUT2D eigenvalue weighted by atomic mass is 32.1. The molecule has 1 aliphatic rings. The van der Waals surface area contributed by atoms with Gasteiger partial charge in [0.2, 0.25) is 5.13 Å². The molecular formula is C15H18FN3OS. The van der Waals surface area contributed by atoms with E-state index in [1.165, 1.54) is 17.4 Å². The maximum atomic E-state index is 13.6. The van der Waals surface area contributed by atoms with Gasteiger partial charge in [-0.1, -0.05) is 29.5 Å². The lowest BCUT2D eigenvalue weighted by atomic mass is 10.0. The van der Waals surface area contributed by atoms with Crippen LogP contribution >= 0.6 is 11.3 Å². The molecule has 1 heterocycles. The predicted octanol–water partition coefficient (Wildman–Crippen LogP) is 2.84. The van der Waals surface area contributed by atoms with Gasteiger partial charge in [0.1, 0.15) is 10.8 Å². The molecule has 21 heavy (non-hydrogen) atoms. The molecule has 0 spiro atoms. The van der Waals surface area contributed by atoms with Gasteiger partial charge < -0.3 is 10.4 Å². The third-order valence-corrected chi connectivity index (χ3v) is 4.86. The molecule has 0 radical (unpaired) electrons. The summed E-state index contributed by atoms with van der Waals surface area (Å²) < 4.78 is 13.6. The van der Waals surface area contributed by atoms with Crippen molar-refractivity contribution in [2.75, 3.05) is 18.5 Å². The van der Waals surface area contributed by atoms with Crippen LogP contribution in [0.3, 0.4) is 0 Å². The minimum atomic E-state index is -0.206. The Kier molecular flexibility index (Phi) is 4.17. The van der Waals surface area contributed by atoms with Gasteiger partial charge in [0, 0.05) is 19.6 Å². The average molecular weight is 307 g/mol. The van der Waals surface area contributed by atoms with E-state index in [0.29, 0.717) is 12.0 Å². The van der Waals surface area contributed by atoms with Crippen LogP contribution in [0.4, 0.5) is 9.52 Å². The van der Waals surface area contributed by atoms with Gasteiger partial charge >= 0.3 is 0 Å². The van der Waals surface area contributed by atoms with E-state index in [9.17, 15) is 4.39 Å². The zero-order valence-corrected chi connectivity index (χ0v) is 12.5. The summed E-state index contributed by atoms with van der Waals surface area (Å²) in [4.78, 5) is 0. The van der Waals surface area contributed by atoms with Crippen LogP contribution in [0.15, 0.2) is 24.3 Å². The average Bonchev–Trinajstić information content (AvgIpc) is 3.10. The number of nitrogens with one attached hydrogen (secondary N) is 1. The monoisotopic (exact) mass is 307 g/mol. The lowest BCUT2D eigenvalue weighted by Crippen LogP contribution is -2.16. The van der Waals surface area contributed by atoms with Crippen molar-refractivity contribution < 1.29 is 9.50 Å². The molecule has 1 saturated carbocycles. The third-order valence-electron chi connectivity index (χ3n) is 3.98. The Morgan fingerprint density at radius 1 is 1.29 bits per heavy atom. The summed E-state index contributed by atoms with van der Waals surface area (Å²) >= 11 is 1.46. The molecule has 0 amide bonds. The molecule has 2 aromatic rings. The quantitative estimate of drug-likeness (QED) is 0.826. The molecule has 0 atom stereocenters. The zero-order chi connectivity index (χ0) is 14.7. The summed E-state index contributed by atoms with van der Waals surface area (Å²) in [6, 6.07) is 6.73. The summed E-state index contributed by atoms with van der Waals surface area (Å²) in [6.45, 7) is 1.05. The summed E-state index contributed by atoms with van der Waals surface area (Å²) in [5.74, 6) is -0.206. The third kappa shape index (κ3) is 3.57. The standard InChI is InChI=1S/C15H18FN3OS/c16-12-4-2-1-3-11(12)9-13-18-19-14(21-13)17-10-15(5-6-15)7-8-20/h1-4,20H,5-10H2,(H,17,19). The van der Waals surface area contributed by atoms with Crippen molar-refractivity contribution in [1.29, 1.82) is 0 Å². The predicted molar refractivity (Wildman–Crippen MR) is 81.0 cm³/mol. The van der Waals surface area contributed by atoms with E-state index in [1.807, 2.05) is 6.07 Å². The fourth-order valence-electron chi connectivity index (χ4n) is 2.39. The number of halogens is 1. The molecule has 112 valence electrons. The fraction of sp³-hybridized carbons (Fsp3) is 0.467. The van der Waals surface area contributed by atoms with E-state index >= 15 is 0 Å². The van der Waals surface area contributed by atoms with Crippen molar-refractivity contribution in [3.63, 3.8) is 0 Å². The largest absolute Gasteiger partial charge is 0.396 e. The number of hydrogen-bond donors (Lipinski definition) is 2. The highest BCUT2D eigenvalue weighted by molar-refractivity contribution is 7.15. The Labute approximate surface area is 127 Å². The van der Waals surface area contributed by atoms with Crippen molar-refractivity contribution in [1.82, 2.24) is 10.2 Å². The van der Waals surface area contributed by atoms with Gasteiger partial charge in [0.15, 0.2) is 0 Å². The van der Waals surface area contributed by atoms with Gasteiger partial charge in [0.05, 0.1) is 0 Å². The van der Waals surface area contributed by atoms with E-state index in [-0.39, 0.29) is 17.8 Å². The Morgan fingerprint density at radius 3 is 2.81 bits per heavy atom. The van der Waals surface area contributed by atoms with Crippen LogP contribution in [0.1, 0.15) is 29.8 Å².